The lowest BCUT2D eigenvalue weighted by Crippen LogP contribution is -2.40. The quantitative estimate of drug-likeness (QED) is 0.831. The summed E-state index contributed by atoms with van der Waals surface area (Å²) < 4.78 is 4.85. The number of piperidine rings is 1. The normalized spacial score (nSPS) is 18.7. The van der Waals surface area contributed by atoms with Gasteiger partial charge in [0.2, 0.25) is 0 Å². The number of likely N-dealkylation sites (tertiary alicyclic amines) is 1. The van der Waals surface area contributed by atoms with Gasteiger partial charge >= 0.3 is 5.97 Å². The van der Waals surface area contributed by atoms with E-state index in [4.69, 9.17) is 10.5 Å². The van der Waals surface area contributed by atoms with Gasteiger partial charge in [0.15, 0.2) is 0 Å². The van der Waals surface area contributed by atoms with Crippen molar-refractivity contribution in [1.82, 2.24) is 4.90 Å². The fraction of sp³-hybridized carbons (Fsp3) is 0.562. The van der Waals surface area contributed by atoms with Gasteiger partial charge in [-0.3, -0.25) is 9.69 Å². The summed E-state index contributed by atoms with van der Waals surface area (Å²) in [7, 11) is 1.44. The van der Waals surface area contributed by atoms with Gasteiger partial charge in [0.25, 0.3) is 0 Å². The van der Waals surface area contributed by atoms with Crippen LogP contribution in [0.3, 0.4) is 0 Å². The average Bonchev–Trinajstić information content (AvgIpc) is 2.50. The number of benzene rings is 1. The summed E-state index contributed by atoms with van der Waals surface area (Å²) in [5, 5.41) is 0. The molecule has 0 aliphatic carbocycles. The number of methoxy groups -OCH3 is 1. The number of hydrogen-bond acceptors (Lipinski definition) is 4. The maximum Gasteiger partial charge on any atom is 0.310 e. The highest BCUT2D eigenvalue weighted by molar-refractivity contribution is 5.72. The van der Waals surface area contributed by atoms with Gasteiger partial charge in [-0.05, 0) is 37.4 Å². The van der Waals surface area contributed by atoms with Crippen LogP contribution in [0.2, 0.25) is 0 Å². The fourth-order valence-electron chi connectivity index (χ4n) is 2.99. The standard InChI is InChI=1S/C16H24N2O2/c1-20-16(19)15(11-17)14-7-9-18(10-8-14)12-13-5-3-2-4-6-13/h2-6,14-15H,7-12,17H2,1H3. The van der Waals surface area contributed by atoms with E-state index in [1.165, 1.54) is 12.7 Å². The molecule has 1 aliphatic rings. The monoisotopic (exact) mass is 276 g/mol. The van der Waals surface area contributed by atoms with Gasteiger partial charge in [-0.15, -0.1) is 0 Å². The Morgan fingerprint density at radius 1 is 1.35 bits per heavy atom. The van der Waals surface area contributed by atoms with Crippen molar-refractivity contribution in [3.8, 4) is 0 Å². The molecule has 0 bridgehead atoms. The largest absolute Gasteiger partial charge is 0.469 e. The Labute approximate surface area is 120 Å². The highest BCUT2D eigenvalue weighted by atomic mass is 16.5. The molecule has 1 atom stereocenters. The molecule has 0 amide bonds. The number of rotatable bonds is 5. The first-order valence-electron chi connectivity index (χ1n) is 7.28. The third-order valence-corrected chi connectivity index (χ3v) is 4.21. The number of ether oxygens (including phenoxy) is 1. The summed E-state index contributed by atoms with van der Waals surface area (Å²) in [6.07, 6.45) is 2.04. The van der Waals surface area contributed by atoms with Crippen molar-refractivity contribution in [3.05, 3.63) is 35.9 Å². The van der Waals surface area contributed by atoms with E-state index >= 15 is 0 Å². The molecule has 0 spiro atoms. The number of hydrogen-bond donors (Lipinski definition) is 1. The number of esters is 1. The minimum Gasteiger partial charge on any atom is -0.469 e. The SMILES string of the molecule is COC(=O)C(CN)C1CCN(Cc2ccccc2)CC1. The van der Waals surface area contributed by atoms with Crippen LogP contribution < -0.4 is 5.73 Å². The first-order valence-corrected chi connectivity index (χ1v) is 7.28. The zero-order valence-corrected chi connectivity index (χ0v) is 12.1. The van der Waals surface area contributed by atoms with E-state index in [9.17, 15) is 4.79 Å². The highest BCUT2D eigenvalue weighted by Gasteiger charge is 2.30. The summed E-state index contributed by atoms with van der Waals surface area (Å²) in [5.41, 5.74) is 7.07. The lowest BCUT2D eigenvalue weighted by molar-refractivity contribution is -0.147. The Kier molecular flexibility index (Phi) is 5.56. The van der Waals surface area contributed by atoms with Gasteiger partial charge in [-0.1, -0.05) is 30.3 Å². The molecule has 1 aromatic carbocycles. The summed E-state index contributed by atoms with van der Waals surface area (Å²) in [4.78, 5) is 14.1. The molecule has 2 rings (SSSR count). The molecule has 4 nitrogen and oxygen atoms in total. The number of nitrogens with two attached hydrogens (primary N) is 1. The molecule has 1 saturated heterocycles. The van der Waals surface area contributed by atoms with Gasteiger partial charge in [0.1, 0.15) is 0 Å². The fourth-order valence-corrected chi connectivity index (χ4v) is 2.99. The van der Waals surface area contributed by atoms with Gasteiger partial charge in [-0.25, -0.2) is 0 Å². The van der Waals surface area contributed by atoms with Crippen LogP contribution in [-0.2, 0) is 16.1 Å². The van der Waals surface area contributed by atoms with E-state index in [1.807, 2.05) is 6.07 Å². The molecule has 4 heteroatoms. The number of nitrogens with zero attached hydrogens (tertiary/aromatic N) is 1. The molecular weight excluding hydrogens is 252 g/mol. The molecular formula is C16H24N2O2. The highest BCUT2D eigenvalue weighted by Crippen LogP contribution is 2.26. The molecule has 0 radical (unpaired) electrons. The predicted octanol–water partition coefficient (Wildman–Crippen LogP) is 1.65. The van der Waals surface area contributed by atoms with Crippen molar-refractivity contribution < 1.29 is 9.53 Å². The molecule has 0 aromatic heterocycles. The smallest absolute Gasteiger partial charge is 0.310 e. The molecule has 0 saturated carbocycles. The van der Waals surface area contributed by atoms with Crippen LogP contribution in [0, 0.1) is 11.8 Å². The molecule has 1 heterocycles. The Bertz CT molecular complexity index is 414. The summed E-state index contributed by atoms with van der Waals surface area (Å²) in [6, 6.07) is 10.5. The van der Waals surface area contributed by atoms with E-state index in [0.717, 1.165) is 32.5 Å². The minimum absolute atomic E-state index is 0.140. The second-order valence-electron chi connectivity index (χ2n) is 5.46. The van der Waals surface area contributed by atoms with Crippen LogP contribution >= 0.6 is 0 Å². The molecule has 110 valence electrons. The van der Waals surface area contributed by atoms with E-state index in [-0.39, 0.29) is 11.9 Å². The second-order valence-corrected chi connectivity index (χ2v) is 5.46. The third kappa shape index (κ3) is 3.81. The van der Waals surface area contributed by atoms with Gasteiger partial charge in [0, 0.05) is 13.1 Å². The van der Waals surface area contributed by atoms with Crippen molar-refractivity contribution in [3.63, 3.8) is 0 Å². The van der Waals surface area contributed by atoms with Crippen molar-refractivity contribution in [2.45, 2.75) is 19.4 Å². The Morgan fingerprint density at radius 3 is 2.55 bits per heavy atom. The topological polar surface area (TPSA) is 55.6 Å². The van der Waals surface area contributed by atoms with Crippen molar-refractivity contribution >= 4 is 5.97 Å². The van der Waals surface area contributed by atoms with Crippen LogP contribution in [0.1, 0.15) is 18.4 Å². The molecule has 20 heavy (non-hydrogen) atoms. The van der Waals surface area contributed by atoms with E-state index in [1.54, 1.807) is 0 Å². The van der Waals surface area contributed by atoms with Crippen LogP contribution in [-0.4, -0.2) is 37.6 Å². The zero-order chi connectivity index (χ0) is 14.4. The second kappa shape index (κ2) is 7.41. The summed E-state index contributed by atoms with van der Waals surface area (Å²) in [5.74, 6) is 0.0624. The van der Waals surface area contributed by atoms with Crippen LogP contribution in [0.25, 0.3) is 0 Å². The Balaban J connectivity index is 1.84. The van der Waals surface area contributed by atoms with Crippen LogP contribution in [0.15, 0.2) is 30.3 Å². The third-order valence-electron chi connectivity index (χ3n) is 4.21. The lowest BCUT2D eigenvalue weighted by atomic mass is 9.84. The maximum absolute atomic E-state index is 11.7. The molecule has 2 N–H and O–H groups in total. The Hall–Kier alpha value is -1.39. The summed E-state index contributed by atoms with van der Waals surface area (Å²) in [6.45, 7) is 3.41. The molecule has 1 aromatic rings. The van der Waals surface area contributed by atoms with Crippen molar-refractivity contribution in [2.75, 3.05) is 26.7 Å². The van der Waals surface area contributed by atoms with Gasteiger partial charge in [0.05, 0.1) is 13.0 Å². The Morgan fingerprint density at radius 2 is 2.00 bits per heavy atom. The van der Waals surface area contributed by atoms with Gasteiger partial charge < -0.3 is 10.5 Å². The zero-order valence-electron chi connectivity index (χ0n) is 12.1. The predicted molar refractivity (Wildman–Crippen MR) is 79.0 cm³/mol. The number of carbonyl (C=O) groups excluding carboxylic acids is 1. The van der Waals surface area contributed by atoms with Gasteiger partial charge in [-0.2, -0.15) is 0 Å². The number of carbonyl (C=O) groups is 1. The first-order chi connectivity index (χ1) is 9.74. The molecule has 1 unspecified atom stereocenters. The van der Waals surface area contributed by atoms with Crippen LogP contribution in [0.5, 0.6) is 0 Å². The van der Waals surface area contributed by atoms with E-state index < -0.39 is 0 Å². The minimum atomic E-state index is -0.158. The average molecular weight is 276 g/mol. The first kappa shape index (κ1) is 15.0. The van der Waals surface area contributed by atoms with Crippen molar-refractivity contribution in [1.29, 1.82) is 0 Å². The van der Waals surface area contributed by atoms with Crippen LogP contribution in [0.4, 0.5) is 0 Å². The molecule has 1 fully saturated rings. The van der Waals surface area contributed by atoms with E-state index in [2.05, 4.69) is 29.2 Å². The van der Waals surface area contributed by atoms with Crippen molar-refractivity contribution in [2.24, 2.45) is 17.6 Å². The lowest BCUT2D eigenvalue weighted by Gasteiger charge is -2.34. The summed E-state index contributed by atoms with van der Waals surface area (Å²) >= 11 is 0. The maximum atomic E-state index is 11.7. The molecule has 1 aliphatic heterocycles. The van der Waals surface area contributed by atoms with E-state index in [0.29, 0.717) is 12.5 Å².